The summed E-state index contributed by atoms with van der Waals surface area (Å²) in [6.07, 6.45) is 0.216. The van der Waals surface area contributed by atoms with E-state index in [9.17, 15) is 14.3 Å². The molecule has 0 spiro atoms. The molecule has 0 amide bonds. The van der Waals surface area contributed by atoms with Crippen molar-refractivity contribution < 1.29 is 19.0 Å². The van der Waals surface area contributed by atoms with Crippen molar-refractivity contribution >= 4 is 5.97 Å². The molecule has 2 rings (SSSR count). The van der Waals surface area contributed by atoms with E-state index >= 15 is 0 Å². The summed E-state index contributed by atoms with van der Waals surface area (Å²) in [5.74, 6) is -1.57. The van der Waals surface area contributed by atoms with Crippen molar-refractivity contribution in [2.45, 2.75) is 12.3 Å². The van der Waals surface area contributed by atoms with E-state index in [2.05, 4.69) is 0 Å². The third-order valence-corrected chi connectivity index (χ3v) is 3.14. The van der Waals surface area contributed by atoms with Gasteiger partial charge in [-0.25, -0.2) is 4.39 Å². The van der Waals surface area contributed by atoms with Crippen LogP contribution in [0.3, 0.4) is 0 Å². The van der Waals surface area contributed by atoms with Crippen molar-refractivity contribution in [2.24, 2.45) is 0 Å². The molecule has 0 heterocycles. The second kappa shape index (κ2) is 6.19. The third kappa shape index (κ3) is 3.15. The Morgan fingerprint density at radius 2 is 2.00 bits per heavy atom. The molecule has 0 fully saturated rings. The molecular weight excluding hydrogens is 259 g/mol. The minimum atomic E-state index is -0.959. The van der Waals surface area contributed by atoms with Gasteiger partial charge in [-0.2, -0.15) is 0 Å². The van der Waals surface area contributed by atoms with Gasteiger partial charge in [-0.1, -0.05) is 30.3 Å². The Hall–Kier alpha value is -2.36. The number of benzene rings is 2. The van der Waals surface area contributed by atoms with Crippen LogP contribution in [0.4, 0.5) is 4.39 Å². The largest absolute Gasteiger partial charge is 0.496 e. The van der Waals surface area contributed by atoms with E-state index in [0.29, 0.717) is 16.9 Å². The maximum Gasteiger partial charge on any atom is 0.311 e. The van der Waals surface area contributed by atoms with E-state index in [1.54, 1.807) is 36.4 Å². The van der Waals surface area contributed by atoms with Crippen LogP contribution in [0.15, 0.2) is 48.5 Å². The first-order valence-electron chi connectivity index (χ1n) is 6.22. The van der Waals surface area contributed by atoms with Crippen LogP contribution in [-0.4, -0.2) is 18.2 Å². The smallest absolute Gasteiger partial charge is 0.311 e. The zero-order valence-electron chi connectivity index (χ0n) is 11.0. The van der Waals surface area contributed by atoms with Gasteiger partial charge < -0.3 is 9.84 Å². The number of carboxylic acid groups (broad SMARTS) is 1. The predicted molar refractivity (Wildman–Crippen MR) is 73.5 cm³/mol. The van der Waals surface area contributed by atoms with E-state index in [-0.39, 0.29) is 12.2 Å². The molecule has 2 aromatic rings. The average Bonchev–Trinajstić information content (AvgIpc) is 2.44. The monoisotopic (exact) mass is 274 g/mol. The Balaban J connectivity index is 2.34. The van der Waals surface area contributed by atoms with Gasteiger partial charge in [-0.15, -0.1) is 0 Å². The van der Waals surface area contributed by atoms with Crippen molar-refractivity contribution in [3.63, 3.8) is 0 Å². The van der Waals surface area contributed by atoms with E-state index in [1.807, 2.05) is 0 Å². The summed E-state index contributed by atoms with van der Waals surface area (Å²) in [5, 5.41) is 9.43. The van der Waals surface area contributed by atoms with Crippen molar-refractivity contribution in [3.8, 4) is 5.75 Å². The number of methoxy groups -OCH3 is 1. The van der Waals surface area contributed by atoms with E-state index in [1.165, 1.54) is 19.2 Å². The summed E-state index contributed by atoms with van der Waals surface area (Å²) in [6, 6.07) is 13.0. The zero-order chi connectivity index (χ0) is 14.5. The van der Waals surface area contributed by atoms with Gasteiger partial charge in [-0.3, -0.25) is 4.79 Å². The molecule has 3 nitrogen and oxygen atoms in total. The fourth-order valence-electron chi connectivity index (χ4n) is 2.18. The molecule has 0 aromatic heterocycles. The molecule has 4 heteroatoms. The summed E-state index contributed by atoms with van der Waals surface area (Å²) in [7, 11) is 1.50. The molecule has 0 unspecified atom stereocenters. The highest BCUT2D eigenvalue weighted by Crippen LogP contribution is 2.29. The Kier molecular flexibility index (Phi) is 4.35. The molecular formula is C16H15FO3. The second-order valence-electron chi connectivity index (χ2n) is 4.47. The van der Waals surface area contributed by atoms with Crippen LogP contribution in [0.5, 0.6) is 5.75 Å². The van der Waals surface area contributed by atoms with Gasteiger partial charge in [0.15, 0.2) is 0 Å². The topological polar surface area (TPSA) is 46.5 Å². The lowest BCUT2D eigenvalue weighted by atomic mass is 9.91. The first-order chi connectivity index (χ1) is 9.61. The second-order valence-corrected chi connectivity index (χ2v) is 4.47. The third-order valence-electron chi connectivity index (χ3n) is 3.14. The summed E-state index contributed by atoms with van der Waals surface area (Å²) in [6.45, 7) is 0. The highest BCUT2D eigenvalue weighted by Gasteiger charge is 2.23. The highest BCUT2D eigenvalue weighted by molar-refractivity contribution is 5.77. The first kappa shape index (κ1) is 14.1. The van der Waals surface area contributed by atoms with Crippen molar-refractivity contribution in [1.29, 1.82) is 0 Å². The molecule has 104 valence electrons. The maximum atomic E-state index is 13.2. The molecule has 0 saturated heterocycles. The van der Waals surface area contributed by atoms with Crippen molar-refractivity contribution in [1.82, 2.24) is 0 Å². The van der Waals surface area contributed by atoms with Crippen LogP contribution in [0.25, 0.3) is 0 Å². The number of aliphatic carboxylic acids is 1. The van der Waals surface area contributed by atoms with Gasteiger partial charge in [-0.05, 0) is 30.2 Å². The lowest BCUT2D eigenvalue weighted by Crippen LogP contribution is -2.15. The molecule has 0 saturated carbocycles. The summed E-state index contributed by atoms with van der Waals surface area (Å²) in [5.41, 5.74) is 1.23. The average molecular weight is 274 g/mol. The number of carbonyl (C=O) groups is 1. The highest BCUT2D eigenvalue weighted by atomic mass is 19.1. The molecule has 0 aliphatic rings. The van der Waals surface area contributed by atoms with E-state index in [4.69, 9.17) is 4.74 Å². The number of hydrogen-bond acceptors (Lipinski definition) is 2. The Labute approximate surface area is 116 Å². The van der Waals surface area contributed by atoms with Crippen LogP contribution < -0.4 is 4.74 Å². The lowest BCUT2D eigenvalue weighted by Gasteiger charge is -2.16. The van der Waals surface area contributed by atoms with Crippen LogP contribution in [0, 0.1) is 5.82 Å². The van der Waals surface area contributed by atoms with Crippen LogP contribution in [0.1, 0.15) is 17.0 Å². The number of ether oxygens (including phenoxy) is 1. The number of carboxylic acids is 1. The van der Waals surface area contributed by atoms with Crippen LogP contribution >= 0.6 is 0 Å². The first-order valence-corrected chi connectivity index (χ1v) is 6.22. The standard InChI is InChI=1S/C16H15FO3/c1-20-15-8-3-2-7-13(15)14(16(18)19)10-11-5-4-6-12(17)9-11/h2-9,14H,10H2,1H3,(H,18,19)/t14-/m0/s1. The molecule has 1 N–H and O–H groups in total. The summed E-state index contributed by atoms with van der Waals surface area (Å²) >= 11 is 0. The maximum absolute atomic E-state index is 13.2. The molecule has 0 radical (unpaired) electrons. The Bertz CT molecular complexity index is 610. The van der Waals surface area contributed by atoms with E-state index < -0.39 is 11.9 Å². The van der Waals surface area contributed by atoms with E-state index in [0.717, 1.165) is 0 Å². The quantitative estimate of drug-likeness (QED) is 0.910. The number of para-hydroxylation sites is 1. The fourth-order valence-corrected chi connectivity index (χ4v) is 2.18. The minimum Gasteiger partial charge on any atom is -0.496 e. The SMILES string of the molecule is COc1ccccc1[C@H](Cc1cccc(F)c1)C(=O)O. The van der Waals surface area contributed by atoms with Gasteiger partial charge in [0.1, 0.15) is 11.6 Å². The number of halogens is 1. The van der Waals surface area contributed by atoms with Gasteiger partial charge in [0, 0.05) is 5.56 Å². The van der Waals surface area contributed by atoms with Crippen LogP contribution in [-0.2, 0) is 11.2 Å². The molecule has 0 bridgehead atoms. The van der Waals surface area contributed by atoms with Crippen molar-refractivity contribution in [2.75, 3.05) is 7.11 Å². The molecule has 0 aliphatic carbocycles. The summed E-state index contributed by atoms with van der Waals surface area (Å²) < 4.78 is 18.4. The predicted octanol–water partition coefficient (Wildman–Crippen LogP) is 3.25. The minimum absolute atomic E-state index is 0.216. The Morgan fingerprint density at radius 1 is 1.25 bits per heavy atom. The lowest BCUT2D eigenvalue weighted by molar-refractivity contribution is -0.138. The number of hydrogen-bond donors (Lipinski definition) is 1. The summed E-state index contributed by atoms with van der Waals surface area (Å²) in [4.78, 5) is 11.5. The number of rotatable bonds is 5. The molecule has 2 aromatic carbocycles. The van der Waals surface area contributed by atoms with Gasteiger partial charge >= 0.3 is 5.97 Å². The molecule has 0 aliphatic heterocycles. The van der Waals surface area contributed by atoms with Crippen LogP contribution in [0.2, 0.25) is 0 Å². The molecule has 20 heavy (non-hydrogen) atoms. The molecule has 1 atom stereocenters. The van der Waals surface area contributed by atoms with Gasteiger partial charge in [0.25, 0.3) is 0 Å². The van der Waals surface area contributed by atoms with Gasteiger partial charge in [0.2, 0.25) is 0 Å². The Morgan fingerprint density at radius 3 is 2.65 bits per heavy atom. The van der Waals surface area contributed by atoms with Gasteiger partial charge in [0.05, 0.1) is 13.0 Å². The fraction of sp³-hybridized carbons (Fsp3) is 0.188. The van der Waals surface area contributed by atoms with Crippen molar-refractivity contribution in [3.05, 3.63) is 65.5 Å². The normalized spacial score (nSPS) is 11.9. The zero-order valence-corrected chi connectivity index (χ0v) is 11.0.